The minimum absolute atomic E-state index is 0.571. The summed E-state index contributed by atoms with van der Waals surface area (Å²) in [6.07, 6.45) is 1.65. The molecule has 0 saturated heterocycles. The first-order chi connectivity index (χ1) is 6.66. The van der Waals surface area contributed by atoms with E-state index in [1.54, 1.807) is 25.3 Å². The normalized spacial score (nSPS) is 10.4. The van der Waals surface area contributed by atoms with E-state index in [1.807, 2.05) is 6.07 Å². The molecule has 1 aromatic heterocycles. The summed E-state index contributed by atoms with van der Waals surface area (Å²) in [5.41, 5.74) is 7.02. The Hall–Kier alpha value is -1.48. The molecule has 0 atom stereocenters. The number of anilines is 1. The van der Waals surface area contributed by atoms with Crippen LogP contribution in [0.4, 0.5) is 5.69 Å². The molecule has 4 heteroatoms. The summed E-state index contributed by atoms with van der Waals surface area (Å²) in [7, 11) is 0. The molecule has 14 heavy (non-hydrogen) atoms. The van der Waals surface area contributed by atoms with Gasteiger partial charge in [-0.25, -0.2) is 4.98 Å². The molecule has 2 aromatic rings. The molecule has 1 heterocycles. The summed E-state index contributed by atoms with van der Waals surface area (Å²) in [4.78, 5) is 4.00. The number of hydrogen-bond donors (Lipinski definition) is 1. The van der Waals surface area contributed by atoms with Crippen LogP contribution >= 0.6 is 11.6 Å². The monoisotopic (exact) mass is 208 g/mol. The van der Waals surface area contributed by atoms with E-state index in [2.05, 4.69) is 4.98 Å². The summed E-state index contributed by atoms with van der Waals surface area (Å²) in [5.74, 6) is 1.28. The third kappa shape index (κ3) is 1.59. The topological polar surface area (TPSA) is 52.0 Å². The number of hydrogen-bond acceptors (Lipinski definition) is 3. The highest BCUT2D eigenvalue weighted by molar-refractivity contribution is 6.33. The van der Waals surface area contributed by atoms with Gasteiger partial charge in [0.2, 0.25) is 0 Å². The fraction of sp³-hybridized carbons (Fsp3) is 0.100. The van der Waals surface area contributed by atoms with E-state index < -0.39 is 0 Å². The van der Waals surface area contributed by atoms with Crippen LogP contribution in [0, 0.1) is 6.92 Å². The summed E-state index contributed by atoms with van der Waals surface area (Å²) in [6, 6.07) is 5.28. The maximum atomic E-state index is 6.01. The van der Waals surface area contributed by atoms with E-state index in [-0.39, 0.29) is 0 Å². The van der Waals surface area contributed by atoms with Gasteiger partial charge in [-0.3, -0.25) is 0 Å². The molecule has 0 aliphatic heterocycles. The number of aromatic nitrogens is 1. The first kappa shape index (κ1) is 9.09. The molecule has 0 saturated carbocycles. The Bertz CT molecular complexity index is 465. The Kier molecular flexibility index (Phi) is 2.17. The molecule has 0 amide bonds. The van der Waals surface area contributed by atoms with Crippen molar-refractivity contribution in [3.8, 4) is 11.3 Å². The fourth-order valence-electron chi connectivity index (χ4n) is 1.22. The van der Waals surface area contributed by atoms with Crippen molar-refractivity contribution in [2.24, 2.45) is 0 Å². The van der Waals surface area contributed by atoms with Crippen molar-refractivity contribution in [1.29, 1.82) is 0 Å². The number of aryl methyl sites for hydroxylation is 1. The number of nitrogens with zero attached hydrogens (tertiary/aromatic N) is 1. The standard InChI is InChI=1S/C10H9ClN2O/c1-6-13-5-10(14-6)8-3-2-7(12)4-9(8)11/h2-5H,12H2,1H3. The number of halogens is 1. The lowest BCUT2D eigenvalue weighted by Crippen LogP contribution is -1.84. The molecular formula is C10H9ClN2O. The van der Waals surface area contributed by atoms with Crippen molar-refractivity contribution in [3.05, 3.63) is 35.3 Å². The molecule has 0 aliphatic rings. The van der Waals surface area contributed by atoms with Crippen LogP contribution in [-0.2, 0) is 0 Å². The molecule has 3 nitrogen and oxygen atoms in total. The van der Waals surface area contributed by atoms with Gasteiger partial charge in [0.15, 0.2) is 11.7 Å². The lowest BCUT2D eigenvalue weighted by atomic mass is 10.2. The van der Waals surface area contributed by atoms with Crippen LogP contribution in [0.5, 0.6) is 0 Å². The number of nitrogen functional groups attached to an aromatic ring is 1. The Morgan fingerprint density at radius 3 is 2.79 bits per heavy atom. The van der Waals surface area contributed by atoms with Gasteiger partial charge in [0.1, 0.15) is 0 Å². The highest BCUT2D eigenvalue weighted by Gasteiger charge is 2.07. The molecule has 0 radical (unpaired) electrons. The highest BCUT2D eigenvalue weighted by atomic mass is 35.5. The first-order valence-corrected chi connectivity index (χ1v) is 4.52. The van der Waals surface area contributed by atoms with Crippen LogP contribution in [-0.4, -0.2) is 4.98 Å². The Labute approximate surface area is 86.5 Å². The molecule has 0 fully saturated rings. The van der Waals surface area contributed by atoms with E-state index in [0.717, 1.165) is 5.56 Å². The summed E-state index contributed by atoms with van der Waals surface area (Å²) >= 11 is 6.01. The SMILES string of the molecule is Cc1ncc(-c2ccc(N)cc2Cl)o1. The largest absolute Gasteiger partial charge is 0.441 e. The minimum atomic E-state index is 0.571. The van der Waals surface area contributed by atoms with E-state index in [1.165, 1.54) is 0 Å². The van der Waals surface area contributed by atoms with Gasteiger partial charge >= 0.3 is 0 Å². The molecule has 1 aromatic carbocycles. The smallest absolute Gasteiger partial charge is 0.191 e. The van der Waals surface area contributed by atoms with Gasteiger partial charge in [0.25, 0.3) is 0 Å². The summed E-state index contributed by atoms with van der Waals surface area (Å²) in [6.45, 7) is 1.79. The van der Waals surface area contributed by atoms with Gasteiger partial charge in [-0.05, 0) is 18.2 Å². The Balaban J connectivity index is 2.52. The predicted molar refractivity (Wildman–Crippen MR) is 56.1 cm³/mol. The zero-order valence-electron chi connectivity index (χ0n) is 7.62. The van der Waals surface area contributed by atoms with E-state index >= 15 is 0 Å². The summed E-state index contributed by atoms with van der Waals surface area (Å²) < 4.78 is 5.35. The number of nitrogens with two attached hydrogens (primary N) is 1. The third-order valence-corrected chi connectivity index (χ3v) is 2.19. The lowest BCUT2D eigenvalue weighted by Gasteiger charge is -2.00. The van der Waals surface area contributed by atoms with Gasteiger partial charge in [-0.2, -0.15) is 0 Å². The van der Waals surface area contributed by atoms with Crippen LogP contribution in [0.2, 0.25) is 5.02 Å². The van der Waals surface area contributed by atoms with Crippen molar-refractivity contribution in [1.82, 2.24) is 4.98 Å². The molecule has 0 aliphatic carbocycles. The van der Waals surface area contributed by atoms with Crippen molar-refractivity contribution < 1.29 is 4.42 Å². The zero-order chi connectivity index (χ0) is 10.1. The van der Waals surface area contributed by atoms with E-state index in [4.69, 9.17) is 21.8 Å². The summed E-state index contributed by atoms with van der Waals surface area (Å²) in [5, 5.41) is 0.571. The molecule has 2 rings (SSSR count). The van der Waals surface area contributed by atoms with E-state index in [9.17, 15) is 0 Å². The molecular weight excluding hydrogens is 200 g/mol. The van der Waals surface area contributed by atoms with Crippen molar-refractivity contribution in [2.75, 3.05) is 5.73 Å². The second-order valence-corrected chi connectivity index (χ2v) is 3.39. The maximum Gasteiger partial charge on any atom is 0.191 e. The van der Waals surface area contributed by atoms with Gasteiger partial charge < -0.3 is 10.2 Å². The second-order valence-electron chi connectivity index (χ2n) is 2.98. The van der Waals surface area contributed by atoms with Crippen LogP contribution in [0.15, 0.2) is 28.8 Å². The van der Waals surface area contributed by atoms with Crippen molar-refractivity contribution in [2.45, 2.75) is 6.92 Å². The van der Waals surface area contributed by atoms with E-state index in [0.29, 0.717) is 22.4 Å². The van der Waals surface area contributed by atoms with Crippen molar-refractivity contribution in [3.63, 3.8) is 0 Å². The van der Waals surface area contributed by atoms with Crippen LogP contribution in [0.3, 0.4) is 0 Å². The molecule has 0 unspecified atom stereocenters. The second kappa shape index (κ2) is 3.35. The Morgan fingerprint density at radius 2 is 2.21 bits per heavy atom. The fourth-order valence-corrected chi connectivity index (χ4v) is 1.50. The van der Waals surface area contributed by atoms with Gasteiger partial charge in [0.05, 0.1) is 11.2 Å². The van der Waals surface area contributed by atoms with Crippen LogP contribution in [0.1, 0.15) is 5.89 Å². The predicted octanol–water partition coefficient (Wildman–Crippen LogP) is 2.89. The van der Waals surface area contributed by atoms with Gasteiger partial charge in [-0.15, -0.1) is 0 Å². The minimum Gasteiger partial charge on any atom is -0.441 e. The van der Waals surface area contributed by atoms with Gasteiger partial charge in [-0.1, -0.05) is 11.6 Å². The van der Waals surface area contributed by atoms with Crippen LogP contribution in [0.25, 0.3) is 11.3 Å². The molecule has 0 bridgehead atoms. The van der Waals surface area contributed by atoms with Crippen molar-refractivity contribution >= 4 is 17.3 Å². The highest BCUT2D eigenvalue weighted by Crippen LogP contribution is 2.29. The lowest BCUT2D eigenvalue weighted by molar-refractivity contribution is 0.534. The molecule has 2 N–H and O–H groups in total. The molecule has 72 valence electrons. The van der Waals surface area contributed by atoms with Gasteiger partial charge in [0, 0.05) is 18.2 Å². The zero-order valence-corrected chi connectivity index (χ0v) is 8.38. The third-order valence-electron chi connectivity index (χ3n) is 1.88. The molecule has 0 spiro atoms. The average molecular weight is 209 g/mol. The number of oxazole rings is 1. The number of rotatable bonds is 1. The first-order valence-electron chi connectivity index (χ1n) is 4.14. The van der Waals surface area contributed by atoms with Crippen LogP contribution < -0.4 is 5.73 Å². The number of benzene rings is 1. The Morgan fingerprint density at radius 1 is 1.43 bits per heavy atom. The quantitative estimate of drug-likeness (QED) is 0.734. The average Bonchev–Trinajstić information content (AvgIpc) is 2.51. The maximum absolute atomic E-state index is 6.01.